The average molecular weight is 274 g/mol. The standard InChI is InChI=1S/C12H16ClNO2S/c13-9-11-3-5-12(6-4-11)10-17(15,16)14-7-1-2-8-14/h3-6H,1-2,7-10H2. The van der Waals surface area contributed by atoms with Crippen molar-refractivity contribution in [3.63, 3.8) is 0 Å². The largest absolute Gasteiger partial charge is 0.218 e. The topological polar surface area (TPSA) is 37.4 Å². The van der Waals surface area contributed by atoms with Gasteiger partial charge in [0.1, 0.15) is 0 Å². The molecule has 3 nitrogen and oxygen atoms in total. The summed E-state index contributed by atoms with van der Waals surface area (Å²) in [5.74, 6) is 0.550. The van der Waals surface area contributed by atoms with E-state index >= 15 is 0 Å². The number of halogens is 1. The highest BCUT2D eigenvalue weighted by Gasteiger charge is 2.25. The molecule has 1 heterocycles. The van der Waals surface area contributed by atoms with E-state index in [9.17, 15) is 8.42 Å². The van der Waals surface area contributed by atoms with Gasteiger partial charge in [0, 0.05) is 19.0 Å². The van der Waals surface area contributed by atoms with Crippen LogP contribution in [0.1, 0.15) is 24.0 Å². The summed E-state index contributed by atoms with van der Waals surface area (Å²) in [4.78, 5) is 0. The molecule has 1 fully saturated rings. The molecule has 0 amide bonds. The average Bonchev–Trinajstić information content (AvgIpc) is 2.84. The third-order valence-corrected chi connectivity index (χ3v) is 5.14. The molecule has 0 aliphatic carbocycles. The van der Waals surface area contributed by atoms with Crippen molar-refractivity contribution in [2.24, 2.45) is 0 Å². The minimum absolute atomic E-state index is 0.0928. The van der Waals surface area contributed by atoms with Gasteiger partial charge in [0.05, 0.1) is 5.75 Å². The molecule has 17 heavy (non-hydrogen) atoms. The van der Waals surface area contributed by atoms with Gasteiger partial charge in [-0.15, -0.1) is 11.6 Å². The maximum atomic E-state index is 12.1. The van der Waals surface area contributed by atoms with Crippen LogP contribution in [-0.4, -0.2) is 25.8 Å². The highest BCUT2D eigenvalue weighted by Crippen LogP contribution is 2.17. The molecule has 5 heteroatoms. The minimum Gasteiger partial charge on any atom is -0.212 e. The number of hydrogen-bond acceptors (Lipinski definition) is 2. The van der Waals surface area contributed by atoms with Gasteiger partial charge in [-0.1, -0.05) is 24.3 Å². The van der Waals surface area contributed by atoms with Gasteiger partial charge >= 0.3 is 0 Å². The zero-order chi connectivity index (χ0) is 12.3. The Morgan fingerprint density at radius 1 is 1.06 bits per heavy atom. The molecule has 1 aromatic carbocycles. The third-order valence-electron chi connectivity index (χ3n) is 2.98. The number of alkyl halides is 1. The van der Waals surface area contributed by atoms with Gasteiger partial charge in [0.25, 0.3) is 0 Å². The van der Waals surface area contributed by atoms with Crippen molar-refractivity contribution >= 4 is 21.6 Å². The van der Waals surface area contributed by atoms with Crippen LogP contribution in [0, 0.1) is 0 Å². The van der Waals surface area contributed by atoms with Crippen molar-refractivity contribution in [1.82, 2.24) is 4.31 Å². The Morgan fingerprint density at radius 2 is 1.59 bits per heavy atom. The van der Waals surface area contributed by atoms with Crippen LogP contribution >= 0.6 is 11.6 Å². The lowest BCUT2D eigenvalue weighted by Gasteiger charge is -2.15. The molecular formula is C12H16ClNO2S. The third kappa shape index (κ3) is 3.21. The molecule has 1 aliphatic rings. The van der Waals surface area contributed by atoms with E-state index in [0.717, 1.165) is 24.0 Å². The summed E-state index contributed by atoms with van der Waals surface area (Å²) in [6.07, 6.45) is 1.95. The van der Waals surface area contributed by atoms with Gasteiger partial charge in [0.2, 0.25) is 10.0 Å². The summed E-state index contributed by atoms with van der Waals surface area (Å²) in [6, 6.07) is 7.43. The highest BCUT2D eigenvalue weighted by atomic mass is 35.5. The second-order valence-electron chi connectivity index (χ2n) is 4.31. The van der Waals surface area contributed by atoms with E-state index in [0.29, 0.717) is 19.0 Å². The first kappa shape index (κ1) is 12.9. The summed E-state index contributed by atoms with van der Waals surface area (Å²) in [5, 5.41) is 0. The molecule has 0 unspecified atom stereocenters. The number of sulfonamides is 1. The Hall–Kier alpha value is -0.580. The predicted molar refractivity (Wildman–Crippen MR) is 69.4 cm³/mol. The van der Waals surface area contributed by atoms with Crippen LogP contribution in [0.2, 0.25) is 0 Å². The lowest BCUT2D eigenvalue weighted by atomic mass is 10.2. The Balaban J connectivity index is 2.08. The number of rotatable bonds is 4. The molecule has 0 spiro atoms. The van der Waals surface area contributed by atoms with Crippen LogP contribution in [0.3, 0.4) is 0 Å². The van der Waals surface area contributed by atoms with E-state index in [1.54, 1.807) is 4.31 Å². The molecule has 0 atom stereocenters. The van der Waals surface area contributed by atoms with Crippen molar-refractivity contribution < 1.29 is 8.42 Å². The fourth-order valence-electron chi connectivity index (χ4n) is 1.99. The summed E-state index contributed by atoms with van der Waals surface area (Å²) in [6.45, 7) is 1.34. The van der Waals surface area contributed by atoms with E-state index in [4.69, 9.17) is 11.6 Å². The van der Waals surface area contributed by atoms with Crippen LogP contribution in [0.15, 0.2) is 24.3 Å². The molecule has 1 aliphatic heterocycles. The van der Waals surface area contributed by atoms with E-state index in [-0.39, 0.29) is 5.75 Å². The van der Waals surface area contributed by atoms with E-state index in [1.807, 2.05) is 24.3 Å². The van der Waals surface area contributed by atoms with Gasteiger partial charge in [0.15, 0.2) is 0 Å². The van der Waals surface area contributed by atoms with Gasteiger partial charge in [-0.05, 0) is 24.0 Å². The molecule has 0 N–H and O–H groups in total. The molecule has 94 valence electrons. The van der Waals surface area contributed by atoms with Crippen molar-refractivity contribution in [2.75, 3.05) is 13.1 Å². The quantitative estimate of drug-likeness (QED) is 0.790. The Kier molecular flexibility index (Phi) is 4.07. The van der Waals surface area contributed by atoms with Crippen LogP contribution in [-0.2, 0) is 21.7 Å². The van der Waals surface area contributed by atoms with Crippen LogP contribution in [0.4, 0.5) is 0 Å². The SMILES string of the molecule is O=S(=O)(Cc1ccc(CCl)cc1)N1CCCC1. The maximum Gasteiger partial charge on any atom is 0.218 e. The summed E-state index contributed by atoms with van der Waals surface area (Å²) in [7, 11) is -3.13. The lowest BCUT2D eigenvalue weighted by Crippen LogP contribution is -2.29. The molecular weight excluding hydrogens is 258 g/mol. The number of benzene rings is 1. The van der Waals surface area contributed by atoms with Crippen molar-refractivity contribution in [3.8, 4) is 0 Å². The minimum atomic E-state index is -3.13. The van der Waals surface area contributed by atoms with Crippen LogP contribution < -0.4 is 0 Å². The Morgan fingerprint density at radius 3 is 2.12 bits per heavy atom. The predicted octanol–water partition coefficient (Wildman–Crippen LogP) is 2.35. The first-order valence-electron chi connectivity index (χ1n) is 5.73. The van der Waals surface area contributed by atoms with Crippen molar-refractivity contribution in [2.45, 2.75) is 24.5 Å². The van der Waals surface area contributed by atoms with Crippen molar-refractivity contribution in [1.29, 1.82) is 0 Å². The molecule has 2 rings (SSSR count). The van der Waals surface area contributed by atoms with Gasteiger partial charge < -0.3 is 0 Å². The number of hydrogen-bond donors (Lipinski definition) is 0. The molecule has 0 radical (unpaired) electrons. The van der Waals surface area contributed by atoms with Gasteiger partial charge in [-0.2, -0.15) is 0 Å². The van der Waals surface area contributed by atoms with Gasteiger partial charge in [-0.3, -0.25) is 0 Å². The first-order valence-corrected chi connectivity index (χ1v) is 7.88. The van der Waals surface area contributed by atoms with E-state index in [2.05, 4.69) is 0 Å². The fourth-order valence-corrected chi connectivity index (χ4v) is 3.78. The number of nitrogens with zero attached hydrogens (tertiary/aromatic N) is 1. The fraction of sp³-hybridized carbons (Fsp3) is 0.500. The van der Waals surface area contributed by atoms with Crippen LogP contribution in [0.5, 0.6) is 0 Å². The Bertz CT molecular complexity index is 464. The Labute approximate surface area is 107 Å². The second kappa shape index (κ2) is 5.38. The summed E-state index contributed by atoms with van der Waals surface area (Å²) < 4.78 is 25.7. The smallest absolute Gasteiger partial charge is 0.212 e. The highest BCUT2D eigenvalue weighted by molar-refractivity contribution is 7.88. The molecule has 0 bridgehead atoms. The molecule has 1 saturated heterocycles. The van der Waals surface area contributed by atoms with Gasteiger partial charge in [-0.25, -0.2) is 12.7 Å². The molecule has 0 saturated carbocycles. The molecule has 1 aromatic rings. The second-order valence-corrected chi connectivity index (χ2v) is 6.55. The van der Waals surface area contributed by atoms with E-state index < -0.39 is 10.0 Å². The zero-order valence-electron chi connectivity index (χ0n) is 9.60. The van der Waals surface area contributed by atoms with Crippen molar-refractivity contribution in [3.05, 3.63) is 35.4 Å². The zero-order valence-corrected chi connectivity index (χ0v) is 11.2. The molecule has 0 aromatic heterocycles. The van der Waals surface area contributed by atoms with Crippen LogP contribution in [0.25, 0.3) is 0 Å². The normalized spacial score (nSPS) is 17.5. The van der Waals surface area contributed by atoms with E-state index in [1.165, 1.54) is 0 Å². The maximum absolute atomic E-state index is 12.1. The first-order chi connectivity index (χ1) is 8.12. The monoisotopic (exact) mass is 273 g/mol. The summed E-state index contributed by atoms with van der Waals surface area (Å²) >= 11 is 5.69. The lowest BCUT2D eigenvalue weighted by molar-refractivity contribution is 0.476. The summed E-state index contributed by atoms with van der Waals surface area (Å²) in [5.41, 5.74) is 1.83.